The Morgan fingerprint density at radius 3 is 2.50 bits per heavy atom. The van der Waals surface area contributed by atoms with E-state index in [1.54, 1.807) is 71.4 Å². The van der Waals surface area contributed by atoms with Crippen LogP contribution in [0.4, 0.5) is 11.5 Å². The normalized spacial score (nSPS) is 11.5. The Morgan fingerprint density at radius 2 is 1.69 bits per heavy atom. The molecule has 0 amide bonds. The fourth-order valence-electron chi connectivity index (χ4n) is 3.70. The molecule has 0 saturated heterocycles. The van der Waals surface area contributed by atoms with Crippen LogP contribution in [-0.4, -0.2) is 28.1 Å². The highest BCUT2D eigenvalue weighted by Gasteiger charge is 2.18. The molecule has 36 heavy (non-hydrogen) atoms. The van der Waals surface area contributed by atoms with Crippen LogP contribution in [0.3, 0.4) is 0 Å². The third-order valence-electron chi connectivity index (χ3n) is 5.39. The number of hydrogen-bond donors (Lipinski definition) is 3. The average Bonchev–Trinajstić information content (AvgIpc) is 3.23. The molecule has 3 aromatic carbocycles. The number of fused-ring (bicyclic) bond motifs is 1. The molecular formula is C25H19Br2N5O3S. The maximum absolute atomic E-state index is 12.9. The smallest absolute Gasteiger partial charge is 0.263 e. The van der Waals surface area contributed by atoms with Crippen LogP contribution < -0.4 is 10.0 Å². The van der Waals surface area contributed by atoms with Gasteiger partial charge in [-0.1, -0.05) is 36.4 Å². The third-order valence-corrected chi connectivity index (χ3v) is 8.34. The van der Waals surface area contributed by atoms with Gasteiger partial charge in [-0.3, -0.25) is 4.72 Å². The van der Waals surface area contributed by atoms with Gasteiger partial charge in [0.1, 0.15) is 16.5 Å². The van der Waals surface area contributed by atoms with Gasteiger partial charge in [0, 0.05) is 28.3 Å². The minimum absolute atomic E-state index is 0.126. The van der Waals surface area contributed by atoms with Gasteiger partial charge in [-0.15, -0.1) is 0 Å². The van der Waals surface area contributed by atoms with Crippen LogP contribution in [0.15, 0.2) is 98.9 Å². The molecule has 0 fully saturated rings. The van der Waals surface area contributed by atoms with Crippen molar-refractivity contribution in [2.45, 2.75) is 11.4 Å². The maximum atomic E-state index is 12.9. The minimum atomic E-state index is -3.76. The van der Waals surface area contributed by atoms with Gasteiger partial charge < -0.3 is 10.4 Å². The van der Waals surface area contributed by atoms with Crippen molar-refractivity contribution in [3.63, 3.8) is 0 Å². The summed E-state index contributed by atoms with van der Waals surface area (Å²) in [5.41, 5.74) is 3.07. The van der Waals surface area contributed by atoms with E-state index in [0.717, 1.165) is 5.56 Å². The zero-order valence-electron chi connectivity index (χ0n) is 18.6. The highest BCUT2D eigenvalue weighted by atomic mass is 79.9. The van der Waals surface area contributed by atoms with Crippen molar-refractivity contribution in [2.75, 3.05) is 10.0 Å². The lowest BCUT2D eigenvalue weighted by atomic mass is 10.1. The summed E-state index contributed by atoms with van der Waals surface area (Å²) in [4.78, 5) is 4.81. The number of aromatic nitrogens is 3. The second kappa shape index (κ2) is 9.92. The summed E-state index contributed by atoms with van der Waals surface area (Å²) < 4.78 is 31.2. The first-order chi connectivity index (χ1) is 17.3. The van der Waals surface area contributed by atoms with Crippen LogP contribution in [0.25, 0.3) is 16.9 Å². The van der Waals surface area contributed by atoms with Crippen LogP contribution in [-0.2, 0) is 16.6 Å². The predicted octanol–water partition coefficient (Wildman–Crippen LogP) is 6.04. The number of anilines is 2. The number of hydrogen-bond acceptors (Lipinski definition) is 6. The van der Waals surface area contributed by atoms with E-state index < -0.39 is 10.0 Å². The summed E-state index contributed by atoms with van der Waals surface area (Å²) in [5.74, 6) is 0.782. The molecule has 11 heteroatoms. The number of benzene rings is 3. The van der Waals surface area contributed by atoms with Crippen molar-refractivity contribution in [3.05, 3.63) is 99.6 Å². The zero-order valence-corrected chi connectivity index (χ0v) is 22.5. The Labute approximate surface area is 224 Å². The number of aromatic hydroxyl groups is 1. The molecule has 0 atom stereocenters. The van der Waals surface area contributed by atoms with E-state index >= 15 is 0 Å². The molecule has 0 aliphatic heterocycles. The van der Waals surface area contributed by atoms with E-state index in [1.165, 1.54) is 6.07 Å². The van der Waals surface area contributed by atoms with E-state index in [9.17, 15) is 13.5 Å². The fourth-order valence-corrected chi connectivity index (χ4v) is 6.10. The molecule has 5 aromatic rings. The van der Waals surface area contributed by atoms with Crippen molar-refractivity contribution >= 4 is 59.0 Å². The molecular weight excluding hydrogens is 610 g/mol. The van der Waals surface area contributed by atoms with Crippen LogP contribution in [0.1, 0.15) is 5.56 Å². The van der Waals surface area contributed by atoms with Crippen LogP contribution in [0.5, 0.6) is 5.75 Å². The number of halogens is 2. The molecule has 0 unspecified atom stereocenters. The number of rotatable bonds is 7. The molecule has 0 aliphatic carbocycles. The second-order valence-electron chi connectivity index (χ2n) is 7.86. The SMILES string of the molecule is O=S(=O)(Nc1cccc(CNc2cc(-c3ccccc3O)nc3c(Br)cnn23)c1)c1ccccc1Br. The predicted molar refractivity (Wildman–Crippen MR) is 147 cm³/mol. The molecule has 3 N–H and O–H groups in total. The molecule has 2 heterocycles. The van der Waals surface area contributed by atoms with Gasteiger partial charge in [0.2, 0.25) is 0 Å². The number of phenols is 1. The van der Waals surface area contributed by atoms with Gasteiger partial charge in [0.05, 0.1) is 16.4 Å². The number of nitrogens with one attached hydrogen (secondary N) is 2. The summed E-state index contributed by atoms with van der Waals surface area (Å²) in [7, 11) is -3.76. The minimum Gasteiger partial charge on any atom is -0.507 e. The topological polar surface area (TPSA) is 109 Å². The molecule has 0 saturated carbocycles. The molecule has 8 nitrogen and oxygen atoms in total. The lowest BCUT2D eigenvalue weighted by molar-refractivity contribution is 0.477. The highest BCUT2D eigenvalue weighted by Crippen LogP contribution is 2.31. The summed E-state index contributed by atoms with van der Waals surface area (Å²) in [6, 6.07) is 22.6. The summed E-state index contributed by atoms with van der Waals surface area (Å²) in [6.45, 7) is 0.390. The second-order valence-corrected chi connectivity index (χ2v) is 11.2. The van der Waals surface area contributed by atoms with E-state index in [4.69, 9.17) is 0 Å². The first kappa shape index (κ1) is 24.3. The molecule has 182 valence electrons. The molecule has 0 spiro atoms. The van der Waals surface area contributed by atoms with Gasteiger partial charge in [0.15, 0.2) is 5.65 Å². The summed E-state index contributed by atoms with van der Waals surface area (Å²) >= 11 is 6.78. The fraction of sp³-hybridized carbons (Fsp3) is 0.0400. The van der Waals surface area contributed by atoms with Gasteiger partial charge in [-0.2, -0.15) is 9.61 Å². The summed E-state index contributed by atoms with van der Waals surface area (Å²) in [6.07, 6.45) is 1.65. The van der Waals surface area contributed by atoms with Crippen LogP contribution in [0, 0.1) is 0 Å². The number of phenolic OH excluding ortho intramolecular Hbond substituents is 1. The van der Waals surface area contributed by atoms with Gasteiger partial charge in [-0.05, 0) is 73.8 Å². The third kappa shape index (κ3) is 4.95. The largest absolute Gasteiger partial charge is 0.507 e. The maximum Gasteiger partial charge on any atom is 0.263 e. The molecule has 0 radical (unpaired) electrons. The van der Waals surface area contributed by atoms with Crippen LogP contribution >= 0.6 is 31.9 Å². The monoisotopic (exact) mass is 627 g/mol. The molecule has 5 rings (SSSR count). The zero-order chi connectivity index (χ0) is 25.3. The van der Waals surface area contributed by atoms with E-state index in [2.05, 4.69) is 52.0 Å². The Balaban J connectivity index is 1.42. The molecule has 0 bridgehead atoms. The van der Waals surface area contributed by atoms with Crippen molar-refractivity contribution in [2.24, 2.45) is 0 Å². The quantitative estimate of drug-likeness (QED) is 0.203. The van der Waals surface area contributed by atoms with Crippen molar-refractivity contribution in [1.29, 1.82) is 0 Å². The van der Waals surface area contributed by atoms with Gasteiger partial charge in [-0.25, -0.2) is 13.4 Å². The van der Waals surface area contributed by atoms with E-state index in [0.29, 0.717) is 43.9 Å². The Hall–Kier alpha value is -3.41. The van der Waals surface area contributed by atoms with E-state index in [-0.39, 0.29) is 10.6 Å². The van der Waals surface area contributed by atoms with Crippen molar-refractivity contribution in [1.82, 2.24) is 14.6 Å². The van der Waals surface area contributed by atoms with Crippen molar-refractivity contribution in [3.8, 4) is 17.0 Å². The highest BCUT2D eigenvalue weighted by molar-refractivity contribution is 9.11. The number of sulfonamides is 1. The Morgan fingerprint density at radius 1 is 0.917 bits per heavy atom. The van der Waals surface area contributed by atoms with Gasteiger partial charge >= 0.3 is 0 Å². The lowest BCUT2D eigenvalue weighted by Crippen LogP contribution is -2.14. The van der Waals surface area contributed by atoms with Gasteiger partial charge in [0.25, 0.3) is 10.0 Å². The first-order valence-corrected chi connectivity index (χ1v) is 13.8. The first-order valence-electron chi connectivity index (χ1n) is 10.7. The van der Waals surface area contributed by atoms with Crippen molar-refractivity contribution < 1.29 is 13.5 Å². The Kier molecular flexibility index (Phi) is 6.69. The lowest BCUT2D eigenvalue weighted by Gasteiger charge is -2.13. The summed E-state index contributed by atoms with van der Waals surface area (Å²) in [5, 5.41) is 18.1. The molecule has 0 aliphatic rings. The number of nitrogens with zero attached hydrogens (tertiary/aromatic N) is 3. The standard InChI is InChI=1S/C25H19Br2N5O3S/c26-19-9-2-4-11-23(19)36(34,35)31-17-7-5-6-16(12-17)14-28-24-13-21(18-8-1-3-10-22(18)33)30-25-20(27)15-29-32(24)25/h1-13,15,28,31,33H,14H2. The molecule has 2 aromatic heterocycles. The Bertz CT molecular complexity index is 1690. The van der Waals surface area contributed by atoms with Crippen LogP contribution in [0.2, 0.25) is 0 Å². The number of para-hydroxylation sites is 1. The average molecular weight is 629 g/mol. The van der Waals surface area contributed by atoms with E-state index in [1.807, 2.05) is 12.1 Å².